The molecule has 0 heterocycles. The van der Waals surface area contributed by atoms with Crippen LogP contribution in [0.15, 0.2) is 54.6 Å². The number of hydrogen-bond donors (Lipinski definition) is 4. The summed E-state index contributed by atoms with van der Waals surface area (Å²) in [7, 11) is 0. The molecule has 2 amide bonds. The van der Waals surface area contributed by atoms with Crippen LogP contribution in [0.25, 0.3) is 0 Å². The van der Waals surface area contributed by atoms with E-state index in [2.05, 4.69) is 10.6 Å². The van der Waals surface area contributed by atoms with Crippen molar-refractivity contribution in [1.29, 1.82) is 0 Å². The molecule has 8 heteroatoms. The van der Waals surface area contributed by atoms with Gasteiger partial charge in [0.2, 0.25) is 11.8 Å². The van der Waals surface area contributed by atoms with Crippen molar-refractivity contribution in [3.05, 3.63) is 65.7 Å². The van der Waals surface area contributed by atoms with Gasteiger partial charge in [0.1, 0.15) is 18.4 Å². The first-order chi connectivity index (χ1) is 16.8. The van der Waals surface area contributed by atoms with Gasteiger partial charge in [0, 0.05) is 6.42 Å². The summed E-state index contributed by atoms with van der Waals surface area (Å²) in [6.45, 7) is 4.30. The summed E-state index contributed by atoms with van der Waals surface area (Å²) in [5.41, 5.74) is 8.00. The normalized spacial score (nSPS) is 13.7. The fourth-order valence-corrected chi connectivity index (χ4v) is 4.09. The largest absolute Gasteiger partial charge is 0.489 e. The molecule has 3 atom stereocenters. The number of amides is 2. The number of carbonyl (C=O) groups excluding carboxylic acids is 2. The van der Waals surface area contributed by atoms with Crippen LogP contribution in [0.5, 0.6) is 5.75 Å². The van der Waals surface area contributed by atoms with Gasteiger partial charge in [0.05, 0.1) is 18.7 Å². The van der Waals surface area contributed by atoms with Gasteiger partial charge in [0.15, 0.2) is 0 Å². The fourth-order valence-electron chi connectivity index (χ4n) is 3.57. The van der Waals surface area contributed by atoms with Gasteiger partial charge >= 0.3 is 0 Å². The van der Waals surface area contributed by atoms with Gasteiger partial charge in [-0.1, -0.05) is 56.3 Å². The molecular formula is C27H39N3O4S. The monoisotopic (exact) mass is 501 g/mol. The van der Waals surface area contributed by atoms with Crippen LogP contribution in [0.1, 0.15) is 37.8 Å². The third kappa shape index (κ3) is 10.7. The van der Waals surface area contributed by atoms with E-state index in [0.717, 1.165) is 22.6 Å². The molecule has 7 nitrogen and oxygen atoms in total. The van der Waals surface area contributed by atoms with Gasteiger partial charge in [0.25, 0.3) is 0 Å². The Morgan fingerprint density at radius 1 is 1.00 bits per heavy atom. The number of thioether (sulfide) groups is 1. The van der Waals surface area contributed by atoms with E-state index in [0.29, 0.717) is 25.9 Å². The zero-order valence-corrected chi connectivity index (χ0v) is 21.7. The highest BCUT2D eigenvalue weighted by atomic mass is 32.2. The van der Waals surface area contributed by atoms with Crippen LogP contribution in [0.4, 0.5) is 0 Å². The topological polar surface area (TPSA) is 114 Å². The Morgan fingerprint density at radius 2 is 1.69 bits per heavy atom. The Hall–Kier alpha value is -2.55. The van der Waals surface area contributed by atoms with Crippen LogP contribution in [-0.4, -0.2) is 53.7 Å². The average molecular weight is 502 g/mol. The van der Waals surface area contributed by atoms with Gasteiger partial charge in [-0.3, -0.25) is 9.59 Å². The Balaban J connectivity index is 2.06. The first kappa shape index (κ1) is 28.7. The second-order valence-electron chi connectivity index (χ2n) is 9.09. The summed E-state index contributed by atoms with van der Waals surface area (Å²) < 4.78 is 5.84. The van der Waals surface area contributed by atoms with Crippen LogP contribution < -0.4 is 21.1 Å². The van der Waals surface area contributed by atoms with E-state index < -0.39 is 12.1 Å². The molecule has 35 heavy (non-hydrogen) atoms. The molecule has 0 aliphatic heterocycles. The smallest absolute Gasteiger partial charge is 0.243 e. The third-order valence-electron chi connectivity index (χ3n) is 5.54. The van der Waals surface area contributed by atoms with E-state index >= 15 is 0 Å². The zero-order valence-electron chi connectivity index (χ0n) is 20.9. The van der Waals surface area contributed by atoms with Gasteiger partial charge in [-0.25, -0.2) is 0 Å². The van der Waals surface area contributed by atoms with Gasteiger partial charge in [-0.2, -0.15) is 11.8 Å². The van der Waals surface area contributed by atoms with Crippen molar-refractivity contribution in [1.82, 2.24) is 10.6 Å². The number of aliphatic hydroxyl groups excluding tert-OH is 1. The lowest BCUT2D eigenvalue weighted by Gasteiger charge is -2.24. The predicted molar refractivity (Wildman–Crippen MR) is 142 cm³/mol. The minimum absolute atomic E-state index is 0.159. The van der Waals surface area contributed by atoms with Crippen LogP contribution >= 0.6 is 11.8 Å². The molecule has 0 bridgehead atoms. The fraction of sp³-hybridized carbons (Fsp3) is 0.481. The summed E-state index contributed by atoms with van der Waals surface area (Å²) >= 11 is 1.65. The summed E-state index contributed by atoms with van der Waals surface area (Å²) in [4.78, 5) is 25.8. The SMILES string of the molecule is CSCC[C@@H](CO)NC(=O)[C@H](Cc1ccc(OCc2ccccc2)cc1)NC(=O)[C@H](N)CC(C)C. The molecule has 192 valence electrons. The number of hydrogen-bond acceptors (Lipinski definition) is 6. The van der Waals surface area contributed by atoms with Crippen LogP contribution in [0.3, 0.4) is 0 Å². The summed E-state index contributed by atoms with van der Waals surface area (Å²) in [5.74, 6) is 1.11. The van der Waals surface area contributed by atoms with Crippen molar-refractivity contribution in [3.8, 4) is 5.75 Å². The lowest BCUT2D eigenvalue weighted by molar-refractivity contribution is -0.130. The van der Waals surface area contributed by atoms with Gasteiger partial charge < -0.3 is 26.2 Å². The number of benzene rings is 2. The molecule has 0 saturated carbocycles. The quantitative estimate of drug-likeness (QED) is 0.298. The second kappa shape index (κ2) is 15.4. The molecule has 0 aliphatic rings. The minimum Gasteiger partial charge on any atom is -0.489 e. The van der Waals surface area contributed by atoms with E-state index in [9.17, 15) is 14.7 Å². The van der Waals surface area contributed by atoms with Crippen molar-refractivity contribution in [2.75, 3.05) is 18.6 Å². The average Bonchev–Trinajstić information content (AvgIpc) is 2.85. The van der Waals surface area contributed by atoms with E-state index in [1.54, 1.807) is 11.8 Å². The Bertz CT molecular complexity index is 893. The Labute approximate surface area is 213 Å². The van der Waals surface area contributed by atoms with E-state index in [4.69, 9.17) is 10.5 Å². The highest BCUT2D eigenvalue weighted by molar-refractivity contribution is 7.98. The highest BCUT2D eigenvalue weighted by Gasteiger charge is 2.26. The molecule has 2 aromatic carbocycles. The zero-order chi connectivity index (χ0) is 25.6. The molecule has 0 aromatic heterocycles. The maximum absolute atomic E-state index is 13.1. The van der Waals surface area contributed by atoms with E-state index in [1.165, 1.54) is 0 Å². The summed E-state index contributed by atoms with van der Waals surface area (Å²) in [6, 6.07) is 15.5. The van der Waals surface area contributed by atoms with Crippen molar-refractivity contribution in [3.63, 3.8) is 0 Å². The molecule has 0 saturated heterocycles. The summed E-state index contributed by atoms with van der Waals surface area (Å²) in [5, 5.41) is 15.4. The van der Waals surface area contributed by atoms with E-state index in [-0.39, 0.29) is 30.4 Å². The molecule has 0 spiro atoms. The molecule has 2 aromatic rings. The lowest BCUT2D eigenvalue weighted by Crippen LogP contribution is -2.54. The minimum atomic E-state index is -0.805. The Morgan fingerprint density at radius 3 is 2.29 bits per heavy atom. The molecule has 0 unspecified atom stereocenters. The summed E-state index contributed by atoms with van der Waals surface area (Å²) in [6.07, 6.45) is 3.44. The number of ether oxygens (including phenoxy) is 1. The van der Waals surface area contributed by atoms with E-state index in [1.807, 2.05) is 74.7 Å². The molecule has 5 N–H and O–H groups in total. The number of carbonyl (C=O) groups is 2. The Kier molecular flexibility index (Phi) is 12.7. The number of aliphatic hydroxyl groups is 1. The third-order valence-corrected chi connectivity index (χ3v) is 6.19. The van der Waals surface area contributed by atoms with Crippen molar-refractivity contribution < 1.29 is 19.4 Å². The maximum atomic E-state index is 13.1. The van der Waals surface area contributed by atoms with Crippen molar-refractivity contribution in [2.45, 2.75) is 57.8 Å². The van der Waals surface area contributed by atoms with Gasteiger partial charge in [-0.05, 0) is 54.0 Å². The molecule has 0 fully saturated rings. The first-order valence-electron chi connectivity index (χ1n) is 12.0. The van der Waals surface area contributed by atoms with Crippen LogP contribution in [-0.2, 0) is 22.6 Å². The second-order valence-corrected chi connectivity index (χ2v) is 10.1. The molecule has 0 radical (unpaired) electrons. The number of nitrogens with one attached hydrogen (secondary N) is 2. The standard InChI is InChI=1S/C27H39N3O4S/c1-19(2)15-24(28)26(32)30-25(27(33)29-22(17-31)13-14-35-3)16-20-9-11-23(12-10-20)34-18-21-7-5-4-6-8-21/h4-12,19,22,24-25,31H,13-18,28H2,1-3H3,(H,29,33)(H,30,32)/t22-,24+,25-/m0/s1. The lowest BCUT2D eigenvalue weighted by atomic mass is 10.0. The van der Waals surface area contributed by atoms with Gasteiger partial charge in [-0.15, -0.1) is 0 Å². The maximum Gasteiger partial charge on any atom is 0.243 e. The first-order valence-corrected chi connectivity index (χ1v) is 13.4. The molecule has 0 aliphatic carbocycles. The molecule has 2 rings (SSSR count). The highest BCUT2D eigenvalue weighted by Crippen LogP contribution is 2.16. The molecular weight excluding hydrogens is 462 g/mol. The number of rotatable bonds is 15. The van der Waals surface area contributed by atoms with Crippen molar-refractivity contribution in [2.24, 2.45) is 11.7 Å². The number of nitrogens with two attached hydrogens (primary N) is 1. The predicted octanol–water partition coefficient (Wildman–Crippen LogP) is 2.90. The van der Waals surface area contributed by atoms with Crippen LogP contribution in [0, 0.1) is 5.92 Å². The van der Waals surface area contributed by atoms with Crippen molar-refractivity contribution >= 4 is 23.6 Å². The van der Waals surface area contributed by atoms with Crippen LogP contribution in [0.2, 0.25) is 0 Å².